The molecule has 1 aliphatic heterocycles. The van der Waals surface area contributed by atoms with Crippen LogP contribution in [0.1, 0.15) is 35.7 Å². The molecule has 0 aliphatic carbocycles. The zero-order chi connectivity index (χ0) is 15.5. The predicted molar refractivity (Wildman–Crippen MR) is 86.9 cm³/mol. The second kappa shape index (κ2) is 6.60. The van der Waals surface area contributed by atoms with Crippen molar-refractivity contribution in [3.63, 3.8) is 0 Å². The summed E-state index contributed by atoms with van der Waals surface area (Å²) < 4.78 is 2.03. The van der Waals surface area contributed by atoms with E-state index in [1.165, 1.54) is 5.69 Å². The number of hydrogen-bond acceptors (Lipinski definition) is 4. The third-order valence-electron chi connectivity index (χ3n) is 4.22. The summed E-state index contributed by atoms with van der Waals surface area (Å²) in [5.41, 5.74) is 2.21. The van der Waals surface area contributed by atoms with Crippen molar-refractivity contribution >= 4 is 17.2 Å². The summed E-state index contributed by atoms with van der Waals surface area (Å²) in [5.74, 6) is 0.249. The van der Waals surface area contributed by atoms with Gasteiger partial charge in [-0.1, -0.05) is 0 Å². The van der Waals surface area contributed by atoms with E-state index in [4.69, 9.17) is 0 Å². The first kappa shape index (κ1) is 15.2. The maximum Gasteiger partial charge on any atom is 0.223 e. The standard InChI is InChI=1S/C16H22N4OS/c1-12-10-13(2)20(18-12)11-14-4-3-8-19(14)16(21)6-5-15-17-7-9-22-15/h7,9-10,14H,3-6,8,11H2,1-2H3/t14-/m0/s1. The SMILES string of the molecule is Cc1cc(C)n(C[C@@H]2CCCN2C(=O)CCc2nccs2)n1. The molecule has 3 rings (SSSR count). The van der Waals surface area contributed by atoms with E-state index < -0.39 is 0 Å². The Kier molecular flexibility index (Phi) is 4.57. The number of rotatable bonds is 5. The van der Waals surface area contributed by atoms with Crippen molar-refractivity contribution in [2.75, 3.05) is 6.54 Å². The van der Waals surface area contributed by atoms with Gasteiger partial charge in [-0.3, -0.25) is 9.48 Å². The molecule has 1 atom stereocenters. The number of carbonyl (C=O) groups excluding carboxylic acids is 1. The first-order chi connectivity index (χ1) is 10.6. The summed E-state index contributed by atoms with van der Waals surface area (Å²) in [6.45, 7) is 5.77. The highest BCUT2D eigenvalue weighted by molar-refractivity contribution is 7.09. The Morgan fingerprint density at radius 1 is 1.45 bits per heavy atom. The zero-order valence-corrected chi connectivity index (χ0v) is 14.0. The van der Waals surface area contributed by atoms with Crippen LogP contribution < -0.4 is 0 Å². The van der Waals surface area contributed by atoms with Crippen molar-refractivity contribution in [3.05, 3.63) is 34.0 Å². The Hall–Kier alpha value is -1.69. The molecule has 0 radical (unpaired) electrons. The number of thiazole rings is 1. The van der Waals surface area contributed by atoms with E-state index in [1.54, 1.807) is 17.5 Å². The number of hydrogen-bond donors (Lipinski definition) is 0. The molecule has 2 aromatic heterocycles. The second-order valence-electron chi connectivity index (χ2n) is 5.92. The molecule has 6 heteroatoms. The van der Waals surface area contributed by atoms with Gasteiger partial charge in [0.05, 0.1) is 23.3 Å². The van der Waals surface area contributed by atoms with Crippen molar-refractivity contribution in [1.82, 2.24) is 19.7 Å². The first-order valence-corrected chi connectivity index (χ1v) is 8.70. The fraction of sp³-hybridized carbons (Fsp3) is 0.562. The van der Waals surface area contributed by atoms with Crippen LogP contribution in [0.2, 0.25) is 0 Å². The highest BCUT2D eigenvalue weighted by atomic mass is 32.1. The largest absolute Gasteiger partial charge is 0.338 e. The molecule has 3 heterocycles. The molecule has 0 aromatic carbocycles. The molecule has 0 N–H and O–H groups in total. The maximum atomic E-state index is 12.5. The topological polar surface area (TPSA) is 51.0 Å². The first-order valence-electron chi connectivity index (χ1n) is 7.82. The second-order valence-corrected chi connectivity index (χ2v) is 6.90. The van der Waals surface area contributed by atoms with Crippen molar-refractivity contribution < 1.29 is 4.79 Å². The van der Waals surface area contributed by atoms with E-state index in [2.05, 4.69) is 23.1 Å². The van der Waals surface area contributed by atoms with Crippen LogP contribution in [0, 0.1) is 13.8 Å². The van der Waals surface area contributed by atoms with E-state index in [9.17, 15) is 4.79 Å². The smallest absolute Gasteiger partial charge is 0.223 e. The Bertz CT molecular complexity index is 635. The number of likely N-dealkylation sites (tertiary alicyclic amines) is 1. The zero-order valence-electron chi connectivity index (χ0n) is 13.2. The van der Waals surface area contributed by atoms with Crippen LogP contribution in [0.5, 0.6) is 0 Å². The molecular formula is C16H22N4OS. The van der Waals surface area contributed by atoms with Gasteiger partial charge in [0.25, 0.3) is 0 Å². The van der Waals surface area contributed by atoms with E-state index in [1.807, 2.05) is 21.9 Å². The van der Waals surface area contributed by atoms with Gasteiger partial charge in [-0.2, -0.15) is 5.10 Å². The average Bonchev–Trinajstić information content (AvgIpc) is 3.20. The summed E-state index contributed by atoms with van der Waals surface area (Å²) in [5, 5.41) is 7.53. The third-order valence-corrected chi connectivity index (χ3v) is 5.06. The fourth-order valence-electron chi connectivity index (χ4n) is 3.15. The monoisotopic (exact) mass is 318 g/mol. The van der Waals surface area contributed by atoms with Crippen LogP contribution >= 0.6 is 11.3 Å². The van der Waals surface area contributed by atoms with E-state index in [0.717, 1.165) is 43.1 Å². The summed E-state index contributed by atoms with van der Waals surface area (Å²) in [6.07, 6.45) is 5.26. The van der Waals surface area contributed by atoms with Crippen molar-refractivity contribution in [3.8, 4) is 0 Å². The van der Waals surface area contributed by atoms with E-state index in [0.29, 0.717) is 6.42 Å². The Labute approximate surface area is 135 Å². The number of amides is 1. The van der Waals surface area contributed by atoms with Crippen LogP contribution in [-0.4, -0.2) is 38.2 Å². The van der Waals surface area contributed by atoms with Gasteiger partial charge in [-0.25, -0.2) is 4.98 Å². The molecule has 5 nitrogen and oxygen atoms in total. The lowest BCUT2D eigenvalue weighted by Crippen LogP contribution is -2.38. The van der Waals surface area contributed by atoms with Crippen LogP contribution in [0.25, 0.3) is 0 Å². The summed E-state index contributed by atoms with van der Waals surface area (Å²) in [6, 6.07) is 2.37. The lowest BCUT2D eigenvalue weighted by atomic mass is 10.2. The Morgan fingerprint density at radius 2 is 2.32 bits per heavy atom. The van der Waals surface area contributed by atoms with Gasteiger partial charge in [0.1, 0.15) is 0 Å². The van der Waals surface area contributed by atoms with Crippen LogP contribution in [0.4, 0.5) is 0 Å². The lowest BCUT2D eigenvalue weighted by molar-refractivity contribution is -0.132. The van der Waals surface area contributed by atoms with Gasteiger partial charge in [-0.15, -0.1) is 11.3 Å². The molecule has 0 spiro atoms. The highest BCUT2D eigenvalue weighted by Crippen LogP contribution is 2.21. The molecule has 1 saturated heterocycles. The minimum Gasteiger partial charge on any atom is -0.338 e. The summed E-state index contributed by atoms with van der Waals surface area (Å²) >= 11 is 1.62. The Balaban J connectivity index is 1.60. The van der Waals surface area contributed by atoms with Crippen LogP contribution in [-0.2, 0) is 17.8 Å². The molecule has 22 heavy (non-hydrogen) atoms. The summed E-state index contributed by atoms with van der Waals surface area (Å²) in [4.78, 5) is 18.8. The summed E-state index contributed by atoms with van der Waals surface area (Å²) in [7, 11) is 0. The van der Waals surface area contributed by atoms with Crippen LogP contribution in [0.15, 0.2) is 17.6 Å². The fourth-order valence-corrected chi connectivity index (χ4v) is 3.77. The molecule has 1 amide bonds. The van der Waals surface area contributed by atoms with Crippen molar-refractivity contribution in [2.24, 2.45) is 0 Å². The third kappa shape index (κ3) is 3.38. The van der Waals surface area contributed by atoms with E-state index >= 15 is 0 Å². The predicted octanol–water partition coefficient (Wildman–Crippen LogP) is 2.58. The number of nitrogens with zero attached hydrogens (tertiary/aromatic N) is 4. The maximum absolute atomic E-state index is 12.5. The van der Waals surface area contributed by atoms with E-state index in [-0.39, 0.29) is 11.9 Å². The van der Waals surface area contributed by atoms with Gasteiger partial charge >= 0.3 is 0 Å². The molecule has 1 aliphatic rings. The van der Waals surface area contributed by atoms with Crippen LogP contribution in [0.3, 0.4) is 0 Å². The van der Waals surface area contributed by atoms with Crippen molar-refractivity contribution in [1.29, 1.82) is 0 Å². The molecule has 0 bridgehead atoms. The van der Waals surface area contributed by atoms with Crippen molar-refractivity contribution in [2.45, 2.75) is 52.1 Å². The Morgan fingerprint density at radius 3 is 3.00 bits per heavy atom. The molecule has 1 fully saturated rings. The molecule has 2 aromatic rings. The minimum absolute atomic E-state index is 0.249. The molecule has 0 saturated carbocycles. The van der Waals surface area contributed by atoms with Gasteiger partial charge in [0.2, 0.25) is 5.91 Å². The highest BCUT2D eigenvalue weighted by Gasteiger charge is 2.29. The average molecular weight is 318 g/mol. The molecular weight excluding hydrogens is 296 g/mol. The lowest BCUT2D eigenvalue weighted by Gasteiger charge is -2.25. The number of aromatic nitrogens is 3. The number of carbonyl (C=O) groups is 1. The molecule has 0 unspecified atom stereocenters. The van der Waals surface area contributed by atoms with Gasteiger partial charge in [0, 0.05) is 36.7 Å². The number of aryl methyl sites for hydroxylation is 3. The minimum atomic E-state index is 0.249. The normalized spacial score (nSPS) is 18.1. The van der Waals surface area contributed by atoms with Gasteiger partial charge < -0.3 is 4.90 Å². The van der Waals surface area contributed by atoms with Gasteiger partial charge in [-0.05, 0) is 32.8 Å². The quantitative estimate of drug-likeness (QED) is 0.851. The van der Waals surface area contributed by atoms with Gasteiger partial charge in [0.15, 0.2) is 0 Å². The molecule has 118 valence electrons.